The highest BCUT2D eigenvalue weighted by Gasteiger charge is 2.05. The van der Waals surface area contributed by atoms with Crippen molar-refractivity contribution in [2.24, 2.45) is 0 Å². The molecule has 2 aromatic rings. The van der Waals surface area contributed by atoms with Gasteiger partial charge in [-0.2, -0.15) is 9.36 Å². The maximum absolute atomic E-state index is 5.89. The number of halogens is 1. The van der Waals surface area contributed by atoms with Crippen molar-refractivity contribution in [1.82, 2.24) is 9.36 Å². The van der Waals surface area contributed by atoms with E-state index in [2.05, 4.69) is 14.7 Å². The molecule has 0 aliphatic rings. The second kappa shape index (κ2) is 4.59. The van der Waals surface area contributed by atoms with E-state index < -0.39 is 0 Å². The lowest BCUT2D eigenvalue weighted by Crippen LogP contribution is -1.94. The van der Waals surface area contributed by atoms with E-state index in [9.17, 15) is 0 Å². The second-order valence-corrected chi connectivity index (χ2v) is 4.15. The molecule has 0 aliphatic carbocycles. The average Bonchev–Trinajstić information content (AvgIpc) is 2.67. The van der Waals surface area contributed by atoms with Crippen molar-refractivity contribution in [2.45, 2.75) is 6.92 Å². The lowest BCUT2D eigenvalue weighted by atomic mass is 10.2. The van der Waals surface area contributed by atoms with E-state index in [0.29, 0.717) is 5.02 Å². The van der Waals surface area contributed by atoms with Gasteiger partial charge in [-0.05, 0) is 19.1 Å². The number of anilines is 1. The van der Waals surface area contributed by atoms with Crippen LogP contribution in [0.25, 0.3) is 11.4 Å². The molecule has 15 heavy (non-hydrogen) atoms. The van der Waals surface area contributed by atoms with E-state index in [-0.39, 0.29) is 0 Å². The Morgan fingerprint density at radius 3 is 3.07 bits per heavy atom. The Kier molecular flexibility index (Phi) is 3.18. The predicted octanol–water partition coefficient (Wildman–Crippen LogP) is 3.29. The summed E-state index contributed by atoms with van der Waals surface area (Å²) in [7, 11) is 0. The van der Waals surface area contributed by atoms with Gasteiger partial charge in [-0.1, -0.05) is 23.7 Å². The monoisotopic (exact) mass is 239 g/mol. The number of rotatable bonds is 3. The van der Waals surface area contributed by atoms with Gasteiger partial charge in [0.15, 0.2) is 5.82 Å². The Morgan fingerprint density at radius 1 is 1.47 bits per heavy atom. The standard InChI is InChI=1S/C10H10ClN3S/c1-2-12-10-13-9(14-15-10)7-4-3-5-8(11)6-7/h3-6H,2H2,1H3,(H,12,13,14). The minimum Gasteiger partial charge on any atom is -0.361 e. The molecule has 0 atom stereocenters. The molecule has 0 amide bonds. The predicted molar refractivity (Wildman–Crippen MR) is 64.5 cm³/mol. The zero-order chi connectivity index (χ0) is 10.7. The summed E-state index contributed by atoms with van der Waals surface area (Å²) in [5.41, 5.74) is 0.947. The van der Waals surface area contributed by atoms with E-state index in [1.54, 1.807) is 0 Å². The second-order valence-electron chi connectivity index (χ2n) is 2.96. The van der Waals surface area contributed by atoms with Crippen LogP contribution in [-0.2, 0) is 0 Å². The van der Waals surface area contributed by atoms with Gasteiger partial charge in [-0.15, -0.1) is 0 Å². The maximum atomic E-state index is 5.89. The number of aromatic nitrogens is 2. The summed E-state index contributed by atoms with van der Waals surface area (Å²) in [6.45, 7) is 2.88. The first-order chi connectivity index (χ1) is 7.29. The molecule has 2 rings (SSSR count). The van der Waals surface area contributed by atoms with Crippen LogP contribution in [0.15, 0.2) is 24.3 Å². The average molecular weight is 240 g/mol. The fraction of sp³-hybridized carbons (Fsp3) is 0.200. The van der Waals surface area contributed by atoms with Crippen molar-refractivity contribution in [3.05, 3.63) is 29.3 Å². The van der Waals surface area contributed by atoms with Crippen LogP contribution >= 0.6 is 23.1 Å². The van der Waals surface area contributed by atoms with Crippen molar-refractivity contribution in [3.63, 3.8) is 0 Å². The van der Waals surface area contributed by atoms with Gasteiger partial charge < -0.3 is 5.32 Å². The van der Waals surface area contributed by atoms with E-state index in [0.717, 1.165) is 23.1 Å². The molecule has 0 unspecified atom stereocenters. The van der Waals surface area contributed by atoms with Gasteiger partial charge in [0.05, 0.1) is 0 Å². The van der Waals surface area contributed by atoms with Gasteiger partial charge in [-0.3, -0.25) is 0 Å². The van der Waals surface area contributed by atoms with Crippen LogP contribution in [0.4, 0.5) is 5.13 Å². The van der Waals surface area contributed by atoms with Crippen molar-refractivity contribution < 1.29 is 0 Å². The SMILES string of the molecule is CCNc1nc(-c2cccc(Cl)c2)ns1. The molecule has 0 fully saturated rings. The minimum atomic E-state index is 0.701. The zero-order valence-corrected chi connectivity index (χ0v) is 9.77. The third-order valence-corrected chi connectivity index (χ3v) is 2.74. The number of nitrogens with one attached hydrogen (secondary N) is 1. The first-order valence-electron chi connectivity index (χ1n) is 4.63. The van der Waals surface area contributed by atoms with Crippen molar-refractivity contribution in [1.29, 1.82) is 0 Å². The Balaban J connectivity index is 2.29. The zero-order valence-electron chi connectivity index (χ0n) is 8.20. The van der Waals surface area contributed by atoms with E-state index in [1.165, 1.54) is 11.5 Å². The number of hydrogen-bond donors (Lipinski definition) is 1. The van der Waals surface area contributed by atoms with E-state index >= 15 is 0 Å². The Hall–Kier alpha value is -1.13. The van der Waals surface area contributed by atoms with Crippen LogP contribution in [0.3, 0.4) is 0 Å². The molecule has 0 aliphatic heterocycles. The minimum absolute atomic E-state index is 0.701. The quantitative estimate of drug-likeness (QED) is 0.893. The number of hydrogen-bond acceptors (Lipinski definition) is 4. The molecule has 0 saturated carbocycles. The number of nitrogens with zero attached hydrogens (tertiary/aromatic N) is 2. The van der Waals surface area contributed by atoms with Crippen LogP contribution in [0, 0.1) is 0 Å². The van der Waals surface area contributed by atoms with Crippen LogP contribution in [0.1, 0.15) is 6.92 Å². The highest BCUT2D eigenvalue weighted by Crippen LogP contribution is 2.23. The van der Waals surface area contributed by atoms with Crippen molar-refractivity contribution in [2.75, 3.05) is 11.9 Å². The van der Waals surface area contributed by atoms with Gasteiger partial charge in [0.2, 0.25) is 5.13 Å². The Labute approximate surface area is 97.3 Å². The lowest BCUT2D eigenvalue weighted by molar-refractivity contribution is 1.19. The third kappa shape index (κ3) is 2.46. The fourth-order valence-corrected chi connectivity index (χ4v) is 2.04. The summed E-state index contributed by atoms with van der Waals surface area (Å²) in [6, 6.07) is 7.54. The van der Waals surface area contributed by atoms with E-state index in [1.807, 2.05) is 31.2 Å². The molecule has 5 heteroatoms. The lowest BCUT2D eigenvalue weighted by Gasteiger charge is -1.95. The first kappa shape index (κ1) is 10.4. The fourth-order valence-electron chi connectivity index (χ4n) is 1.19. The van der Waals surface area contributed by atoms with Crippen LogP contribution in [-0.4, -0.2) is 15.9 Å². The van der Waals surface area contributed by atoms with Gasteiger partial charge in [0, 0.05) is 28.7 Å². The number of benzene rings is 1. The normalized spacial score (nSPS) is 10.3. The molecule has 3 nitrogen and oxygen atoms in total. The van der Waals surface area contributed by atoms with Crippen molar-refractivity contribution in [3.8, 4) is 11.4 Å². The van der Waals surface area contributed by atoms with Crippen molar-refractivity contribution >= 4 is 28.3 Å². The summed E-state index contributed by atoms with van der Waals surface area (Å²) < 4.78 is 4.26. The molecule has 0 bridgehead atoms. The Morgan fingerprint density at radius 2 is 2.33 bits per heavy atom. The van der Waals surface area contributed by atoms with Gasteiger partial charge >= 0.3 is 0 Å². The van der Waals surface area contributed by atoms with Gasteiger partial charge in [0.1, 0.15) is 0 Å². The first-order valence-corrected chi connectivity index (χ1v) is 5.78. The largest absolute Gasteiger partial charge is 0.361 e. The summed E-state index contributed by atoms with van der Waals surface area (Å²) in [5, 5.41) is 4.67. The molecule has 1 N–H and O–H groups in total. The summed E-state index contributed by atoms with van der Waals surface area (Å²) >= 11 is 7.25. The van der Waals surface area contributed by atoms with Gasteiger partial charge in [0.25, 0.3) is 0 Å². The molecule has 78 valence electrons. The topological polar surface area (TPSA) is 37.8 Å². The summed E-state index contributed by atoms with van der Waals surface area (Å²) in [5.74, 6) is 0.721. The highest BCUT2D eigenvalue weighted by atomic mass is 35.5. The molecule has 1 aromatic carbocycles. The molecule has 1 heterocycles. The third-order valence-electron chi connectivity index (χ3n) is 1.84. The molecule has 1 aromatic heterocycles. The van der Waals surface area contributed by atoms with Crippen LogP contribution in [0.2, 0.25) is 5.02 Å². The highest BCUT2D eigenvalue weighted by molar-refractivity contribution is 7.09. The van der Waals surface area contributed by atoms with Crippen LogP contribution in [0.5, 0.6) is 0 Å². The molecule has 0 radical (unpaired) electrons. The molecule has 0 spiro atoms. The van der Waals surface area contributed by atoms with E-state index in [4.69, 9.17) is 11.6 Å². The maximum Gasteiger partial charge on any atom is 0.202 e. The van der Waals surface area contributed by atoms with Gasteiger partial charge in [-0.25, -0.2) is 0 Å². The van der Waals surface area contributed by atoms with Crippen LogP contribution < -0.4 is 5.32 Å². The Bertz CT molecular complexity index is 455. The smallest absolute Gasteiger partial charge is 0.202 e. The molecular weight excluding hydrogens is 230 g/mol. The molecular formula is C10H10ClN3S. The summed E-state index contributed by atoms with van der Waals surface area (Å²) in [6.07, 6.45) is 0. The summed E-state index contributed by atoms with van der Waals surface area (Å²) in [4.78, 5) is 4.35. The molecule has 0 saturated heterocycles.